The zero-order valence-corrected chi connectivity index (χ0v) is 16.9. The number of amides is 1. The molecule has 8 heteroatoms. The van der Waals surface area contributed by atoms with Gasteiger partial charge in [0.2, 0.25) is 0 Å². The minimum Gasteiger partial charge on any atom is -0.340 e. The van der Waals surface area contributed by atoms with Crippen LogP contribution < -0.4 is 10.6 Å². The molecule has 0 saturated carbocycles. The second-order valence-electron chi connectivity index (χ2n) is 6.42. The average molecular weight is 419 g/mol. The van der Waals surface area contributed by atoms with E-state index in [1.807, 2.05) is 13.0 Å². The SMILES string of the molecule is CCc1cccc(-c2csc(NC(=O)c3ccc(Nc4ccncn4)cc3)n2)c1F. The van der Waals surface area contributed by atoms with E-state index in [1.165, 1.54) is 17.7 Å². The van der Waals surface area contributed by atoms with Crippen LogP contribution in [0.15, 0.2) is 66.4 Å². The van der Waals surface area contributed by atoms with E-state index in [0.29, 0.717) is 39.8 Å². The van der Waals surface area contributed by atoms with E-state index in [9.17, 15) is 9.18 Å². The Balaban J connectivity index is 1.45. The van der Waals surface area contributed by atoms with E-state index in [0.717, 1.165) is 5.69 Å². The lowest BCUT2D eigenvalue weighted by Gasteiger charge is -2.06. The van der Waals surface area contributed by atoms with Crippen molar-refractivity contribution in [3.05, 3.63) is 83.4 Å². The molecule has 0 fully saturated rings. The number of anilines is 3. The number of thiazole rings is 1. The molecule has 150 valence electrons. The monoisotopic (exact) mass is 419 g/mol. The number of hydrogen-bond donors (Lipinski definition) is 2. The van der Waals surface area contributed by atoms with Gasteiger partial charge in [0.1, 0.15) is 18.0 Å². The van der Waals surface area contributed by atoms with Gasteiger partial charge in [0.25, 0.3) is 5.91 Å². The predicted molar refractivity (Wildman–Crippen MR) is 117 cm³/mol. The fourth-order valence-corrected chi connectivity index (χ4v) is 3.60. The smallest absolute Gasteiger partial charge is 0.257 e. The summed E-state index contributed by atoms with van der Waals surface area (Å²) in [4.78, 5) is 24.9. The first kappa shape index (κ1) is 19.7. The Kier molecular flexibility index (Phi) is 5.76. The molecule has 1 amide bonds. The lowest BCUT2D eigenvalue weighted by molar-refractivity contribution is 0.102. The average Bonchev–Trinajstić information content (AvgIpc) is 3.23. The molecule has 2 aromatic heterocycles. The molecule has 2 N–H and O–H groups in total. The topological polar surface area (TPSA) is 79.8 Å². The van der Waals surface area contributed by atoms with E-state index in [-0.39, 0.29) is 11.7 Å². The van der Waals surface area contributed by atoms with Crippen LogP contribution in [0.2, 0.25) is 0 Å². The molecule has 4 rings (SSSR count). The molecule has 0 aliphatic carbocycles. The summed E-state index contributed by atoms with van der Waals surface area (Å²) < 4.78 is 14.6. The highest BCUT2D eigenvalue weighted by atomic mass is 32.1. The number of aryl methyl sites for hydroxylation is 1. The number of halogens is 1. The van der Waals surface area contributed by atoms with Crippen molar-refractivity contribution < 1.29 is 9.18 Å². The van der Waals surface area contributed by atoms with Crippen LogP contribution in [-0.2, 0) is 6.42 Å². The van der Waals surface area contributed by atoms with E-state index in [1.54, 1.807) is 54.0 Å². The molecule has 30 heavy (non-hydrogen) atoms. The fraction of sp³-hybridized carbons (Fsp3) is 0.0909. The number of nitrogens with one attached hydrogen (secondary N) is 2. The summed E-state index contributed by atoms with van der Waals surface area (Å²) in [6.07, 6.45) is 3.70. The molecule has 0 aliphatic heterocycles. The molecule has 0 saturated heterocycles. The Hall–Kier alpha value is -3.65. The van der Waals surface area contributed by atoms with Crippen LogP contribution in [0.25, 0.3) is 11.3 Å². The van der Waals surface area contributed by atoms with Crippen molar-refractivity contribution >= 4 is 33.9 Å². The third kappa shape index (κ3) is 4.33. The van der Waals surface area contributed by atoms with Crippen molar-refractivity contribution in [2.24, 2.45) is 0 Å². The predicted octanol–water partition coefficient (Wildman–Crippen LogP) is 5.30. The number of hydrogen-bond acceptors (Lipinski definition) is 6. The highest BCUT2D eigenvalue weighted by Crippen LogP contribution is 2.29. The van der Waals surface area contributed by atoms with Crippen LogP contribution in [0.3, 0.4) is 0 Å². The fourth-order valence-electron chi connectivity index (χ4n) is 2.89. The summed E-state index contributed by atoms with van der Waals surface area (Å²) in [5, 5.41) is 8.05. The number of carbonyl (C=O) groups is 1. The summed E-state index contributed by atoms with van der Waals surface area (Å²) >= 11 is 1.26. The third-order valence-corrected chi connectivity index (χ3v) is 5.22. The summed E-state index contributed by atoms with van der Waals surface area (Å²) in [5.74, 6) is 0.110. The summed E-state index contributed by atoms with van der Waals surface area (Å²) in [6.45, 7) is 1.91. The molecular weight excluding hydrogens is 401 g/mol. The zero-order chi connectivity index (χ0) is 20.9. The second kappa shape index (κ2) is 8.79. The van der Waals surface area contributed by atoms with Gasteiger partial charge in [0, 0.05) is 28.4 Å². The molecule has 0 atom stereocenters. The maximum absolute atomic E-state index is 14.6. The quantitative estimate of drug-likeness (QED) is 0.443. The Bertz CT molecular complexity index is 1160. The van der Waals surface area contributed by atoms with Gasteiger partial charge in [0.15, 0.2) is 5.13 Å². The maximum Gasteiger partial charge on any atom is 0.257 e. The zero-order valence-electron chi connectivity index (χ0n) is 16.1. The van der Waals surface area contributed by atoms with Crippen molar-refractivity contribution in [2.45, 2.75) is 13.3 Å². The summed E-state index contributed by atoms with van der Waals surface area (Å²) in [5.41, 5.74) is 2.87. The molecule has 6 nitrogen and oxygen atoms in total. The van der Waals surface area contributed by atoms with Crippen molar-refractivity contribution in [1.29, 1.82) is 0 Å². The second-order valence-corrected chi connectivity index (χ2v) is 7.28. The maximum atomic E-state index is 14.6. The first-order chi connectivity index (χ1) is 14.6. The van der Waals surface area contributed by atoms with E-state index >= 15 is 0 Å². The van der Waals surface area contributed by atoms with Crippen molar-refractivity contribution in [1.82, 2.24) is 15.0 Å². The van der Waals surface area contributed by atoms with E-state index in [4.69, 9.17) is 0 Å². The molecular formula is C22H18FN5OS. The first-order valence-electron chi connectivity index (χ1n) is 9.32. The summed E-state index contributed by atoms with van der Waals surface area (Å²) in [6, 6.07) is 14.0. The van der Waals surface area contributed by atoms with Gasteiger partial charge in [-0.25, -0.2) is 19.3 Å². The third-order valence-electron chi connectivity index (χ3n) is 4.46. The number of aromatic nitrogens is 3. The van der Waals surface area contributed by atoms with Gasteiger partial charge in [-0.15, -0.1) is 11.3 Å². The summed E-state index contributed by atoms with van der Waals surface area (Å²) in [7, 11) is 0. The lowest BCUT2D eigenvalue weighted by Crippen LogP contribution is -2.11. The minimum absolute atomic E-state index is 0.269. The van der Waals surface area contributed by atoms with Crippen LogP contribution in [0, 0.1) is 5.82 Å². The van der Waals surface area contributed by atoms with Gasteiger partial charge in [-0.3, -0.25) is 10.1 Å². The van der Waals surface area contributed by atoms with Crippen molar-refractivity contribution in [3.8, 4) is 11.3 Å². The van der Waals surface area contributed by atoms with E-state index < -0.39 is 0 Å². The normalized spacial score (nSPS) is 10.6. The van der Waals surface area contributed by atoms with Gasteiger partial charge in [0.05, 0.1) is 5.69 Å². The van der Waals surface area contributed by atoms with Gasteiger partial charge < -0.3 is 5.32 Å². The van der Waals surface area contributed by atoms with Gasteiger partial charge in [-0.1, -0.05) is 19.1 Å². The highest BCUT2D eigenvalue weighted by Gasteiger charge is 2.14. The van der Waals surface area contributed by atoms with Gasteiger partial charge in [-0.2, -0.15) is 0 Å². The van der Waals surface area contributed by atoms with Crippen LogP contribution >= 0.6 is 11.3 Å². The first-order valence-corrected chi connectivity index (χ1v) is 10.2. The van der Waals surface area contributed by atoms with Gasteiger partial charge in [-0.05, 0) is 48.4 Å². The Morgan fingerprint density at radius 1 is 1.13 bits per heavy atom. The molecule has 0 bridgehead atoms. The molecule has 0 unspecified atom stereocenters. The molecule has 2 heterocycles. The molecule has 0 aliphatic rings. The Labute approximate surface area is 176 Å². The molecule has 0 spiro atoms. The number of nitrogens with zero attached hydrogens (tertiary/aromatic N) is 3. The Morgan fingerprint density at radius 2 is 1.97 bits per heavy atom. The molecule has 2 aromatic carbocycles. The van der Waals surface area contributed by atoms with Crippen molar-refractivity contribution in [3.63, 3.8) is 0 Å². The largest absolute Gasteiger partial charge is 0.340 e. The Morgan fingerprint density at radius 3 is 2.70 bits per heavy atom. The van der Waals surface area contributed by atoms with Crippen LogP contribution in [0.1, 0.15) is 22.8 Å². The minimum atomic E-state index is -0.285. The van der Waals surface area contributed by atoms with E-state index in [2.05, 4.69) is 25.6 Å². The lowest BCUT2D eigenvalue weighted by atomic mass is 10.1. The number of carbonyl (C=O) groups excluding carboxylic acids is 1. The number of benzene rings is 2. The van der Waals surface area contributed by atoms with Crippen molar-refractivity contribution in [2.75, 3.05) is 10.6 Å². The van der Waals surface area contributed by atoms with Crippen LogP contribution in [0.5, 0.6) is 0 Å². The number of rotatable bonds is 6. The van der Waals surface area contributed by atoms with Crippen LogP contribution in [0.4, 0.5) is 21.0 Å². The molecule has 0 radical (unpaired) electrons. The highest BCUT2D eigenvalue weighted by molar-refractivity contribution is 7.14. The van der Waals surface area contributed by atoms with Crippen LogP contribution in [-0.4, -0.2) is 20.9 Å². The molecule has 4 aromatic rings. The standard InChI is InChI=1S/C22H18FN5OS/c1-2-14-4-3-5-17(20(14)23)18-12-30-22(27-18)28-21(29)15-6-8-16(9-7-15)26-19-10-11-24-13-25-19/h3-13H,2H2,1H3,(H,24,25,26)(H,27,28,29). The van der Waals surface area contributed by atoms with Gasteiger partial charge >= 0.3 is 0 Å².